The van der Waals surface area contributed by atoms with Gasteiger partial charge in [-0.2, -0.15) is 0 Å². The van der Waals surface area contributed by atoms with Crippen molar-refractivity contribution < 1.29 is 38.2 Å². The molecule has 0 radical (unpaired) electrons. The molecule has 2 aliphatic rings. The first-order valence-corrected chi connectivity index (χ1v) is 16.5. The molecule has 0 aromatic heterocycles. The molecule has 2 N–H and O–H groups in total. The second-order valence-electron chi connectivity index (χ2n) is 12.1. The van der Waals surface area contributed by atoms with E-state index in [-0.39, 0.29) is 39.1 Å². The van der Waals surface area contributed by atoms with Gasteiger partial charge in [-0.25, -0.2) is 9.59 Å². The molecular formula is C38H41N3O8. The summed E-state index contributed by atoms with van der Waals surface area (Å²) in [6.07, 6.45) is 3.75. The molecule has 2 aliphatic heterocycles. The van der Waals surface area contributed by atoms with Gasteiger partial charge in [-0.3, -0.25) is 14.4 Å². The Kier molecular flexibility index (Phi) is 12.5. The van der Waals surface area contributed by atoms with E-state index in [9.17, 15) is 24.0 Å². The van der Waals surface area contributed by atoms with E-state index in [4.69, 9.17) is 14.2 Å². The van der Waals surface area contributed by atoms with Gasteiger partial charge in [0.05, 0.1) is 5.92 Å². The van der Waals surface area contributed by atoms with Crippen LogP contribution in [0.1, 0.15) is 48.8 Å². The maximum absolute atomic E-state index is 13.8. The molecule has 4 atom stereocenters. The topological polar surface area (TPSA) is 140 Å². The molecule has 3 aromatic carbocycles. The lowest BCUT2D eigenvalue weighted by atomic mass is 9.95. The number of hydrogen-bond acceptors (Lipinski definition) is 8. The maximum atomic E-state index is 13.8. The average molecular weight is 668 g/mol. The molecule has 1 fully saturated rings. The number of nitrogens with one attached hydrogen (secondary N) is 2. The van der Waals surface area contributed by atoms with Gasteiger partial charge in [0, 0.05) is 6.54 Å². The Morgan fingerprint density at radius 3 is 1.84 bits per heavy atom. The van der Waals surface area contributed by atoms with E-state index in [0.29, 0.717) is 19.4 Å². The van der Waals surface area contributed by atoms with Gasteiger partial charge < -0.3 is 29.7 Å². The van der Waals surface area contributed by atoms with Crippen LogP contribution in [0.2, 0.25) is 0 Å². The predicted molar refractivity (Wildman–Crippen MR) is 179 cm³/mol. The molecule has 0 saturated carbocycles. The van der Waals surface area contributed by atoms with Crippen molar-refractivity contribution >= 4 is 29.8 Å². The highest BCUT2D eigenvalue weighted by Gasteiger charge is 2.40. The highest BCUT2D eigenvalue weighted by Crippen LogP contribution is 2.23. The molecule has 11 nitrogen and oxygen atoms in total. The maximum Gasteiger partial charge on any atom is 0.408 e. The minimum Gasteiger partial charge on any atom is -0.461 e. The van der Waals surface area contributed by atoms with Crippen LogP contribution in [-0.4, -0.2) is 59.4 Å². The second-order valence-corrected chi connectivity index (χ2v) is 12.1. The van der Waals surface area contributed by atoms with Gasteiger partial charge in [0.1, 0.15) is 37.9 Å². The van der Waals surface area contributed by atoms with Gasteiger partial charge in [-0.15, -0.1) is 0 Å². The highest BCUT2D eigenvalue weighted by molar-refractivity contribution is 5.93. The van der Waals surface area contributed by atoms with Crippen molar-refractivity contribution in [3.63, 3.8) is 0 Å². The minimum absolute atomic E-state index is 0.0170. The van der Waals surface area contributed by atoms with E-state index >= 15 is 0 Å². The van der Waals surface area contributed by atoms with Crippen molar-refractivity contribution in [1.82, 2.24) is 15.5 Å². The number of alkyl carbamates (subject to hydrolysis) is 1. The lowest BCUT2D eigenvalue weighted by Crippen LogP contribution is -2.55. The molecule has 0 spiro atoms. The number of ether oxygens (including phenoxy) is 3. The molecule has 5 rings (SSSR count). The minimum atomic E-state index is -1.18. The molecule has 0 aliphatic carbocycles. The van der Waals surface area contributed by atoms with Crippen LogP contribution in [0.3, 0.4) is 0 Å². The molecule has 0 bridgehead atoms. The molecule has 3 aromatic rings. The Balaban J connectivity index is 1.35. The van der Waals surface area contributed by atoms with Crippen molar-refractivity contribution in [2.75, 3.05) is 6.54 Å². The second kappa shape index (κ2) is 17.6. The van der Waals surface area contributed by atoms with Crippen LogP contribution in [0.25, 0.3) is 0 Å². The van der Waals surface area contributed by atoms with E-state index < -0.39 is 53.9 Å². The predicted octanol–water partition coefficient (Wildman–Crippen LogP) is 4.60. The van der Waals surface area contributed by atoms with Crippen LogP contribution >= 0.6 is 0 Å². The Hall–Kier alpha value is -5.45. The first-order chi connectivity index (χ1) is 23.9. The van der Waals surface area contributed by atoms with E-state index in [1.165, 1.54) is 4.90 Å². The van der Waals surface area contributed by atoms with Crippen LogP contribution in [0.15, 0.2) is 103 Å². The molecule has 49 heavy (non-hydrogen) atoms. The van der Waals surface area contributed by atoms with E-state index in [1.807, 2.05) is 91.0 Å². The number of amides is 3. The largest absolute Gasteiger partial charge is 0.461 e. The summed E-state index contributed by atoms with van der Waals surface area (Å²) in [7, 11) is 0. The number of carbonyl (C=O) groups is 5. The zero-order valence-corrected chi connectivity index (χ0v) is 27.2. The molecule has 1 saturated heterocycles. The molecule has 11 heteroatoms. The van der Waals surface area contributed by atoms with Crippen LogP contribution in [0.5, 0.6) is 0 Å². The molecular weight excluding hydrogens is 626 g/mol. The van der Waals surface area contributed by atoms with Crippen LogP contribution in [-0.2, 0) is 53.2 Å². The number of allylic oxidation sites excluding steroid dienone is 1. The number of fused-ring (bicyclic) bond motifs is 1. The van der Waals surface area contributed by atoms with E-state index in [1.54, 1.807) is 12.2 Å². The fraction of sp³-hybridized carbons (Fsp3) is 0.342. The Morgan fingerprint density at radius 2 is 1.24 bits per heavy atom. The molecule has 0 unspecified atom stereocenters. The third kappa shape index (κ3) is 10.3. The number of rotatable bonds is 9. The fourth-order valence-electron chi connectivity index (χ4n) is 5.86. The van der Waals surface area contributed by atoms with Gasteiger partial charge >= 0.3 is 18.0 Å². The highest BCUT2D eigenvalue weighted by atomic mass is 16.6. The summed E-state index contributed by atoms with van der Waals surface area (Å²) in [5.74, 6) is -3.06. The standard InChI is InChI=1S/C38H41N3O8/c42-34-33-21-12-22-41(33)35(43)31(40-38(46)49-26-29-17-8-3-9-18-29)20-11-10-19-30(36(44)47-24-27-13-4-1-5-14-27)23-32(39-34)37(45)48-25-28-15-6-2-7-16-28/h1-11,13-18,30-33H,12,19-26H2,(H,39,42)(H,40,46)/b11-10+/t30-,31-,32-,33-/m0/s1. The van der Waals surface area contributed by atoms with Gasteiger partial charge in [-0.1, -0.05) is 103 Å². The van der Waals surface area contributed by atoms with Crippen molar-refractivity contribution in [3.8, 4) is 0 Å². The summed E-state index contributed by atoms with van der Waals surface area (Å²) in [5.41, 5.74) is 2.36. The Morgan fingerprint density at radius 1 is 0.714 bits per heavy atom. The first-order valence-electron chi connectivity index (χ1n) is 16.5. The third-order valence-electron chi connectivity index (χ3n) is 8.50. The van der Waals surface area contributed by atoms with Crippen LogP contribution < -0.4 is 10.6 Å². The van der Waals surface area contributed by atoms with Gasteiger partial charge in [0.25, 0.3) is 0 Å². The lowest BCUT2D eigenvalue weighted by Gasteiger charge is -2.29. The van der Waals surface area contributed by atoms with Crippen molar-refractivity contribution in [1.29, 1.82) is 0 Å². The number of hydrogen-bond donors (Lipinski definition) is 2. The van der Waals surface area contributed by atoms with E-state index in [2.05, 4.69) is 10.6 Å². The summed E-state index contributed by atoms with van der Waals surface area (Å²) in [6, 6.07) is 24.4. The summed E-state index contributed by atoms with van der Waals surface area (Å²) in [6.45, 7) is 0.344. The monoisotopic (exact) mass is 667 g/mol. The van der Waals surface area contributed by atoms with Gasteiger partial charge in [-0.05, 0) is 48.8 Å². The quantitative estimate of drug-likeness (QED) is 0.192. The summed E-state index contributed by atoms with van der Waals surface area (Å²) in [4.78, 5) is 68.8. The summed E-state index contributed by atoms with van der Waals surface area (Å²) < 4.78 is 16.6. The molecule has 3 amide bonds. The van der Waals surface area contributed by atoms with Crippen molar-refractivity contribution in [2.24, 2.45) is 5.92 Å². The third-order valence-corrected chi connectivity index (χ3v) is 8.50. The van der Waals surface area contributed by atoms with Gasteiger partial charge in [0.15, 0.2) is 0 Å². The summed E-state index contributed by atoms with van der Waals surface area (Å²) in [5, 5.41) is 5.45. The normalized spacial score (nSPS) is 21.8. The van der Waals surface area contributed by atoms with Crippen molar-refractivity contribution in [2.45, 2.75) is 70.1 Å². The number of carbonyl (C=O) groups excluding carboxylic acids is 5. The Labute approximate surface area is 285 Å². The van der Waals surface area contributed by atoms with Gasteiger partial charge in [0.2, 0.25) is 11.8 Å². The fourth-order valence-corrected chi connectivity index (χ4v) is 5.86. The lowest BCUT2D eigenvalue weighted by molar-refractivity contribution is -0.154. The molecule has 2 heterocycles. The smallest absolute Gasteiger partial charge is 0.408 e. The Bertz CT molecular complexity index is 1600. The number of esters is 2. The van der Waals surface area contributed by atoms with E-state index in [0.717, 1.165) is 16.7 Å². The number of benzene rings is 3. The van der Waals surface area contributed by atoms with Crippen molar-refractivity contribution in [3.05, 3.63) is 120 Å². The average Bonchev–Trinajstić information content (AvgIpc) is 3.63. The zero-order chi connectivity index (χ0) is 34.4. The first kappa shape index (κ1) is 34.9. The number of nitrogens with zero attached hydrogens (tertiary/aromatic N) is 1. The van der Waals surface area contributed by atoms with Crippen LogP contribution in [0.4, 0.5) is 4.79 Å². The molecule has 256 valence electrons. The SMILES string of the molecule is O=C(N[C@H]1C/C=C/C[C@H](C(=O)OCc2ccccc2)C[C@@H](C(=O)OCc2ccccc2)NC(=O)[C@@H]2CCCN2C1=O)OCc1ccccc1. The van der Waals surface area contributed by atoms with Crippen LogP contribution in [0, 0.1) is 5.92 Å². The summed E-state index contributed by atoms with van der Waals surface area (Å²) >= 11 is 0. The zero-order valence-electron chi connectivity index (χ0n) is 27.2.